The number of amides is 1. The van der Waals surface area contributed by atoms with Crippen LogP contribution in [0.25, 0.3) is 10.8 Å². The van der Waals surface area contributed by atoms with E-state index in [0.29, 0.717) is 5.69 Å². The summed E-state index contributed by atoms with van der Waals surface area (Å²) >= 11 is 5.76. The van der Waals surface area contributed by atoms with Crippen LogP contribution in [0, 0.1) is 10.1 Å². The molecule has 0 aromatic heterocycles. The van der Waals surface area contributed by atoms with Crippen molar-refractivity contribution in [2.45, 2.75) is 6.42 Å². The van der Waals surface area contributed by atoms with Crippen LogP contribution in [-0.4, -0.2) is 10.8 Å². The lowest BCUT2D eigenvalue weighted by atomic mass is 10.0. The number of benzene rings is 3. The van der Waals surface area contributed by atoms with Gasteiger partial charge in [0.25, 0.3) is 5.69 Å². The van der Waals surface area contributed by atoms with Crippen molar-refractivity contribution in [2.24, 2.45) is 0 Å². The Morgan fingerprint density at radius 3 is 2.54 bits per heavy atom. The highest BCUT2D eigenvalue weighted by Crippen LogP contribution is 2.27. The highest BCUT2D eigenvalue weighted by atomic mass is 35.5. The second-order valence-electron chi connectivity index (χ2n) is 5.33. The van der Waals surface area contributed by atoms with Crippen LogP contribution in [0.5, 0.6) is 0 Å². The predicted molar refractivity (Wildman–Crippen MR) is 94.4 cm³/mol. The van der Waals surface area contributed by atoms with Crippen molar-refractivity contribution < 1.29 is 9.72 Å². The maximum atomic E-state index is 12.2. The molecule has 0 aliphatic rings. The average Bonchev–Trinajstić information content (AvgIpc) is 2.56. The molecule has 3 aromatic rings. The molecule has 0 radical (unpaired) electrons. The lowest BCUT2D eigenvalue weighted by Gasteiger charge is -2.07. The number of nitrogens with zero attached hydrogens (tertiary/aromatic N) is 1. The van der Waals surface area contributed by atoms with Crippen LogP contribution in [0.1, 0.15) is 5.56 Å². The van der Waals surface area contributed by atoms with Gasteiger partial charge in [-0.15, -0.1) is 0 Å². The molecular formula is C18H13ClN2O3. The fourth-order valence-electron chi connectivity index (χ4n) is 2.47. The third-order valence-corrected chi connectivity index (χ3v) is 3.92. The monoisotopic (exact) mass is 340 g/mol. The maximum Gasteiger partial charge on any atom is 0.289 e. The van der Waals surface area contributed by atoms with Gasteiger partial charge in [0.2, 0.25) is 5.91 Å². The predicted octanol–water partition coefficient (Wildman–Crippen LogP) is 4.58. The van der Waals surface area contributed by atoms with Gasteiger partial charge in [-0.25, -0.2) is 0 Å². The van der Waals surface area contributed by atoms with Crippen LogP contribution in [0.2, 0.25) is 5.02 Å². The van der Waals surface area contributed by atoms with Crippen molar-refractivity contribution in [2.75, 3.05) is 5.32 Å². The first kappa shape index (κ1) is 16.0. The van der Waals surface area contributed by atoms with Crippen LogP contribution in [0.4, 0.5) is 11.4 Å². The Kier molecular flexibility index (Phi) is 4.44. The van der Waals surface area contributed by atoms with E-state index in [1.807, 2.05) is 42.5 Å². The van der Waals surface area contributed by atoms with Gasteiger partial charge in [-0.05, 0) is 28.5 Å². The molecule has 3 aromatic carbocycles. The van der Waals surface area contributed by atoms with E-state index < -0.39 is 4.92 Å². The molecule has 0 aliphatic carbocycles. The van der Waals surface area contributed by atoms with Crippen molar-refractivity contribution in [3.05, 3.63) is 81.4 Å². The minimum atomic E-state index is -0.582. The number of rotatable bonds is 4. The van der Waals surface area contributed by atoms with E-state index in [2.05, 4.69) is 5.32 Å². The number of hydrogen-bond donors (Lipinski definition) is 1. The molecule has 0 saturated heterocycles. The van der Waals surface area contributed by atoms with Gasteiger partial charge in [-0.2, -0.15) is 0 Å². The molecule has 1 amide bonds. The first-order valence-electron chi connectivity index (χ1n) is 7.24. The molecule has 0 saturated carbocycles. The maximum absolute atomic E-state index is 12.2. The molecule has 1 N–H and O–H groups in total. The molecule has 6 heteroatoms. The summed E-state index contributed by atoms with van der Waals surface area (Å²) in [6.07, 6.45) is 0.182. The zero-order valence-electron chi connectivity index (χ0n) is 12.5. The summed E-state index contributed by atoms with van der Waals surface area (Å²) in [4.78, 5) is 22.5. The van der Waals surface area contributed by atoms with Gasteiger partial charge in [0.1, 0.15) is 5.02 Å². The molecule has 0 aliphatic heterocycles. The molecule has 24 heavy (non-hydrogen) atoms. The molecule has 120 valence electrons. The summed E-state index contributed by atoms with van der Waals surface area (Å²) < 4.78 is 0. The van der Waals surface area contributed by atoms with E-state index in [4.69, 9.17) is 11.6 Å². The lowest BCUT2D eigenvalue weighted by molar-refractivity contribution is -0.384. The van der Waals surface area contributed by atoms with Crippen LogP contribution in [0.15, 0.2) is 60.7 Å². The highest BCUT2D eigenvalue weighted by Gasteiger charge is 2.14. The minimum absolute atomic E-state index is 0.0347. The zero-order chi connectivity index (χ0) is 17.1. The molecule has 0 bridgehead atoms. The van der Waals surface area contributed by atoms with Crippen molar-refractivity contribution in [3.63, 3.8) is 0 Å². The SMILES string of the molecule is O=C(Cc1ccc2ccccc2c1)Nc1ccc(Cl)c([N+](=O)[O-])c1. The quantitative estimate of drug-likeness (QED) is 0.558. The molecule has 0 unspecified atom stereocenters. The van der Waals surface area contributed by atoms with E-state index in [1.54, 1.807) is 0 Å². The normalized spacial score (nSPS) is 10.5. The summed E-state index contributed by atoms with van der Waals surface area (Å²) in [5.41, 5.74) is 0.978. The number of nitro benzene ring substituents is 1. The summed E-state index contributed by atoms with van der Waals surface area (Å²) in [6.45, 7) is 0. The van der Waals surface area contributed by atoms with E-state index in [0.717, 1.165) is 16.3 Å². The topological polar surface area (TPSA) is 72.2 Å². The number of hydrogen-bond acceptors (Lipinski definition) is 3. The molecule has 0 fully saturated rings. The zero-order valence-corrected chi connectivity index (χ0v) is 13.3. The Balaban J connectivity index is 1.75. The first-order valence-corrected chi connectivity index (χ1v) is 7.62. The summed E-state index contributed by atoms with van der Waals surface area (Å²) in [5.74, 6) is -0.248. The van der Waals surface area contributed by atoms with Gasteiger partial charge in [0.05, 0.1) is 11.3 Å². The van der Waals surface area contributed by atoms with Crippen molar-refractivity contribution in [3.8, 4) is 0 Å². The molecule has 3 rings (SSSR count). The van der Waals surface area contributed by atoms with E-state index in [9.17, 15) is 14.9 Å². The third kappa shape index (κ3) is 3.52. The van der Waals surface area contributed by atoms with Crippen LogP contribution in [-0.2, 0) is 11.2 Å². The Hall–Kier alpha value is -2.92. The van der Waals surface area contributed by atoms with Crippen molar-refractivity contribution >= 4 is 39.7 Å². The second-order valence-corrected chi connectivity index (χ2v) is 5.74. The van der Waals surface area contributed by atoms with Crippen LogP contribution < -0.4 is 5.32 Å². The fraction of sp³-hybridized carbons (Fsp3) is 0.0556. The number of anilines is 1. The molecular weight excluding hydrogens is 328 g/mol. The fourth-order valence-corrected chi connectivity index (χ4v) is 2.66. The van der Waals surface area contributed by atoms with Crippen molar-refractivity contribution in [1.82, 2.24) is 0 Å². The van der Waals surface area contributed by atoms with Gasteiger partial charge >= 0.3 is 0 Å². The van der Waals surface area contributed by atoms with Gasteiger partial charge in [0, 0.05) is 11.8 Å². The summed E-state index contributed by atoms with van der Waals surface area (Å²) in [7, 11) is 0. The van der Waals surface area contributed by atoms with E-state index in [-0.39, 0.29) is 23.0 Å². The summed E-state index contributed by atoms with van der Waals surface area (Å²) in [5, 5.41) is 15.7. The lowest BCUT2D eigenvalue weighted by Crippen LogP contribution is -2.14. The largest absolute Gasteiger partial charge is 0.326 e. The number of carbonyl (C=O) groups excluding carboxylic acids is 1. The molecule has 0 atom stereocenters. The minimum Gasteiger partial charge on any atom is -0.326 e. The Bertz CT molecular complexity index is 940. The first-order chi connectivity index (χ1) is 11.5. The van der Waals surface area contributed by atoms with Gasteiger partial charge in [-0.1, -0.05) is 54.1 Å². The van der Waals surface area contributed by atoms with Gasteiger partial charge in [-0.3, -0.25) is 14.9 Å². The second kappa shape index (κ2) is 6.68. The standard InChI is InChI=1S/C18H13ClN2O3/c19-16-8-7-15(11-17(16)21(23)24)20-18(22)10-12-5-6-13-3-1-2-4-14(13)9-12/h1-9,11H,10H2,(H,20,22). The third-order valence-electron chi connectivity index (χ3n) is 3.61. The highest BCUT2D eigenvalue weighted by molar-refractivity contribution is 6.32. The Labute approximate surface area is 143 Å². The molecule has 5 nitrogen and oxygen atoms in total. The number of carbonyl (C=O) groups is 1. The number of fused-ring (bicyclic) bond motifs is 1. The number of nitro groups is 1. The number of nitrogens with one attached hydrogen (secondary N) is 1. The summed E-state index contributed by atoms with van der Waals surface area (Å²) in [6, 6.07) is 17.9. The Morgan fingerprint density at radius 2 is 1.79 bits per heavy atom. The van der Waals surface area contributed by atoms with Gasteiger partial charge < -0.3 is 5.32 Å². The smallest absolute Gasteiger partial charge is 0.289 e. The van der Waals surface area contributed by atoms with Crippen LogP contribution >= 0.6 is 11.6 Å². The van der Waals surface area contributed by atoms with E-state index in [1.165, 1.54) is 18.2 Å². The number of halogens is 1. The van der Waals surface area contributed by atoms with E-state index >= 15 is 0 Å². The molecule has 0 heterocycles. The average molecular weight is 341 g/mol. The van der Waals surface area contributed by atoms with Crippen molar-refractivity contribution in [1.29, 1.82) is 0 Å². The Morgan fingerprint density at radius 1 is 1.04 bits per heavy atom. The van der Waals surface area contributed by atoms with Crippen LogP contribution in [0.3, 0.4) is 0 Å². The molecule has 0 spiro atoms. The van der Waals surface area contributed by atoms with Gasteiger partial charge in [0.15, 0.2) is 0 Å².